The number of guanidine groups is 1. The van der Waals surface area contributed by atoms with Gasteiger partial charge in [0, 0.05) is 32.1 Å². The van der Waals surface area contributed by atoms with Crippen LogP contribution >= 0.6 is 24.0 Å². The van der Waals surface area contributed by atoms with Crippen molar-refractivity contribution in [1.82, 2.24) is 25.6 Å². The molecule has 0 spiro atoms. The highest BCUT2D eigenvalue weighted by molar-refractivity contribution is 14.0. The Labute approximate surface area is 176 Å². The molecule has 0 bridgehead atoms. The summed E-state index contributed by atoms with van der Waals surface area (Å²) in [5.41, 5.74) is 3.39. The number of nitrogens with zero attached hydrogens (tertiary/aromatic N) is 4. The van der Waals surface area contributed by atoms with Gasteiger partial charge in [0.2, 0.25) is 0 Å². The minimum atomic E-state index is 0. The van der Waals surface area contributed by atoms with Crippen LogP contribution in [0.1, 0.15) is 29.5 Å². The summed E-state index contributed by atoms with van der Waals surface area (Å²) in [6.45, 7) is 4.01. The Morgan fingerprint density at radius 3 is 2.59 bits per heavy atom. The van der Waals surface area contributed by atoms with Gasteiger partial charge >= 0.3 is 0 Å². The van der Waals surface area contributed by atoms with E-state index in [4.69, 9.17) is 4.52 Å². The fourth-order valence-corrected chi connectivity index (χ4v) is 2.63. The van der Waals surface area contributed by atoms with Crippen LogP contribution in [0.25, 0.3) is 0 Å². The summed E-state index contributed by atoms with van der Waals surface area (Å²) >= 11 is 0. The van der Waals surface area contributed by atoms with E-state index in [9.17, 15) is 0 Å². The molecule has 0 saturated carbocycles. The fraction of sp³-hybridized carbons (Fsp3) is 0.316. The molecule has 3 aromatic rings. The molecule has 8 heteroatoms. The zero-order valence-electron chi connectivity index (χ0n) is 15.6. The molecule has 0 radical (unpaired) electrons. The predicted octanol–water partition coefficient (Wildman–Crippen LogP) is 2.97. The van der Waals surface area contributed by atoms with Crippen molar-refractivity contribution in [2.45, 2.75) is 33.0 Å². The van der Waals surface area contributed by atoms with Crippen LogP contribution in [0, 0.1) is 0 Å². The molecule has 0 unspecified atom stereocenters. The average Bonchev–Trinajstić information content (AvgIpc) is 3.34. The van der Waals surface area contributed by atoms with E-state index in [-0.39, 0.29) is 24.0 Å². The maximum absolute atomic E-state index is 5.29. The van der Waals surface area contributed by atoms with E-state index in [0.29, 0.717) is 19.0 Å². The van der Waals surface area contributed by atoms with Crippen LogP contribution in [0.2, 0.25) is 0 Å². The smallest absolute Gasteiger partial charge is 0.191 e. The summed E-state index contributed by atoms with van der Waals surface area (Å²) in [6, 6.07) is 12.2. The van der Waals surface area contributed by atoms with Gasteiger partial charge in [-0.3, -0.25) is 9.67 Å². The van der Waals surface area contributed by atoms with E-state index in [1.165, 1.54) is 11.1 Å². The number of hydrogen-bond acceptors (Lipinski definition) is 4. The lowest BCUT2D eigenvalue weighted by Crippen LogP contribution is -2.36. The van der Waals surface area contributed by atoms with Crippen molar-refractivity contribution in [3.63, 3.8) is 0 Å². The van der Waals surface area contributed by atoms with Crippen molar-refractivity contribution in [1.29, 1.82) is 0 Å². The number of aryl methyl sites for hydroxylation is 1. The summed E-state index contributed by atoms with van der Waals surface area (Å²) in [4.78, 5) is 4.27. The normalized spacial score (nSPS) is 11.1. The molecule has 144 valence electrons. The minimum Gasteiger partial charge on any atom is -0.359 e. The highest BCUT2D eigenvalue weighted by atomic mass is 127. The lowest BCUT2D eigenvalue weighted by molar-refractivity contribution is 0.374. The highest BCUT2D eigenvalue weighted by Crippen LogP contribution is 2.10. The summed E-state index contributed by atoms with van der Waals surface area (Å²) in [5, 5.41) is 14.9. The van der Waals surface area contributed by atoms with Crippen LogP contribution in [0.5, 0.6) is 0 Å². The molecule has 0 aliphatic carbocycles. The summed E-state index contributed by atoms with van der Waals surface area (Å²) < 4.78 is 7.20. The minimum absolute atomic E-state index is 0. The van der Waals surface area contributed by atoms with E-state index >= 15 is 0 Å². The van der Waals surface area contributed by atoms with Crippen LogP contribution < -0.4 is 10.6 Å². The molecular formula is C19H25IN6O. The van der Waals surface area contributed by atoms with Crippen molar-refractivity contribution in [3.8, 4) is 0 Å². The lowest BCUT2D eigenvalue weighted by atomic mass is 10.1. The zero-order valence-corrected chi connectivity index (χ0v) is 17.9. The maximum atomic E-state index is 5.29. The van der Waals surface area contributed by atoms with Crippen LogP contribution in [-0.2, 0) is 26.1 Å². The van der Waals surface area contributed by atoms with E-state index in [1.807, 2.05) is 35.1 Å². The first kappa shape index (κ1) is 20.9. The molecule has 2 aromatic heterocycles. The maximum Gasteiger partial charge on any atom is 0.191 e. The number of aromatic nitrogens is 3. The largest absolute Gasteiger partial charge is 0.359 e. The van der Waals surface area contributed by atoms with E-state index in [1.54, 1.807) is 13.2 Å². The third-order valence-electron chi connectivity index (χ3n) is 4.08. The molecule has 0 fully saturated rings. The second kappa shape index (κ2) is 10.7. The van der Waals surface area contributed by atoms with E-state index < -0.39 is 0 Å². The van der Waals surface area contributed by atoms with E-state index in [0.717, 1.165) is 24.4 Å². The fourth-order valence-electron chi connectivity index (χ4n) is 2.63. The average molecular weight is 480 g/mol. The zero-order chi connectivity index (χ0) is 18.2. The second-order valence-electron chi connectivity index (χ2n) is 5.89. The van der Waals surface area contributed by atoms with Crippen LogP contribution in [0.3, 0.4) is 0 Å². The Morgan fingerprint density at radius 1 is 1.15 bits per heavy atom. The number of halogens is 1. The number of hydrogen-bond donors (Lipinski definition) is 2. The van der Waals surface area contributed by atoms with Gasteiger partial charge in [-0.05, 0) is 23.6 Å². The van der Waals surface area contributed by atoms with Gasteiger partial charge in [0.1, 0.15) is 0 Å². The van der Waals surface area contributed by atoms with E-state index in [2.05, 4.69) is 44.9 Å². The topological polar surface area (TPSA) is 80.3 Å². The first-order valence-corrected chi connectivity index (χ1v) is 8.71. The van der Waals surface area contributed by atoms with Crippen molar-refractivity contribution in [2.75, 3.05) is 7.05 Å². The first-order chi connectivity index (χ1) is 12.8. The SMILES string of the molecule is CCc1cc(CNC(=NC)NCc2ccccc2Cn2cccn2)on1.I. The Morgan fingerprint density at radius 2 is 1.93 bits per heavy atom. The molecule has 0 aliphatic rings. The van der Waals surface area contributed by atoms with Gasteiger partial charge in [-0.2, -0.15) is 5.10 Å². The highest BCUT2D eigenvalue weighted by Gasteiger charge is 2.06. The molecule has 0 amide bonds. The molecule has 2 heterocycles. The molecule has 1 aromatic carbocycles. The number of rotatable bonds is 7. The van der Waals surface area contributed by atoms with Crippen molar-refractivity contribution in [2.24, 2.45) is 4.99 Å². The Bertz CT molecular complexity index is 844. The van der Waals surface area contributed by atoms with Crippen molar-refractivity contribution in [3.05, 3.63) is 71.4 Å². The van der Waals surface area contributed by atoms with Crippen LogP contribution in [0.15, 0.2) is 58.3 Å². The summed E-state index contributed by atoms with van der Waals surface area (Å²) in [7, 11) is 1.75. The molecule has 3 rings (SSSR count). The summed E-state index contributed by atoms with van der Waals surface area (Å²) in [5.74, 6) is 1.51. The third kappa shape index (κ3) is 6.09. The molecule has 0 atom stereocenters. The molecular weight excluding hydrogens is 455 g/mol. The molecule has 7 nitrogen and oxygen atoms in total. The first-order valence-electron chi connectivity index (χ1n) is 8.71. The predicted molar refractivity (Wildman–Crippen MR) is 116 cm³/mol. The van der Waals surface area contributed by atoms with Gasteiger partial charge in [0.15, 0.2) is 11.7 Å². The van der Waals surface area contributed by atoms with Gasteiger partial charge < -0.3 is 15.2 Å². The summed E-state index contributed by atoms with van der Waals surface area (Å²) in [6.07, 6.45) is 4.62. The quantitative estimate of drug-likeness (QED) is 0.309. The van der Waals surface area contributed by atoms with Crippen LogP contribution in [-0.4, -0.2) is 27.9 Å². The van der Waals surface area contributed by atoms with Crippen molar-refractivity contribution < 1.29 is 4.52 Å². The molecule has 2 N–H and O–H groups in total. The Hall–Kier alpha value is -2.36. The Kier molecular flexibility index (Phi) is 8.31. The van der Waals surface area contributed by atoms with Gasteiger partial charge in [-0.1, -0.05) is 36.3 Å². The van der Waals surface area contributed by atoms with Crippen molar-refractivity contribution >= 4 is 29.9 Å². The number of aliphatic imine (C=N–C) groups is 1. The van der Waals surface area contributed by atoms with Gasteiger partial charge in [0.05, 0.1) is 18.8 Å². The second-order valence-corrected chi connectivity index (χ2v) is 5.89. The Balaban J connectivity index is 0.00000261. The molecule has 0 saturated heterocycles. The molecule has 27 heavy (non-hydrogen) atoms. The lowest BCUT2D eigenvalue weighted by Gasteiger charge is -2.14. The van der Waals surface area contributed by atoms with Gasteiger partial charge in [0.25, 0.3) is 0 Å². The number of nitrogens with one attached hydrogen (secondary N) is 2. The van der Waals surface area contributed by atoms with Crippen LogP contribution in [0.4, 0.5) is 0 Å². The number of benzene rings is 1. The monoisotopic (exact) mass is 480 g/mol. The third-order valence-corrected chi connectivity index (χ3v) is 4.08. The van der Waals surface area contributed by atoms with Gasteiger partial charge in [-0.15, -0.1) is 24.0 Å². The molecule has 0 aliphatic heterocycles. The van der Waals surface area contributed by atoms with Gasteiger partial charge in [-0.25, -0.2) is 0 Å². The standard InChI is InChI=1S/C19H24N6O.HI/c1-3-17-11-18(26-24-17)13-22-19(20-2)21-12-15-7-4-5-8-16(15)14-25-10-6-9-23-25;/h4-11H,3,12-14H2,1-2H3,(H2,20,21,22);1H.